The molecule has 1 saturated carbocycles. The molecule has 1 fully saturated rings. The van der Waals surface area contributed by atoms with Crippen LogP contribution in [0, 0.1) is 5.92 Å². The summed E-state index contributed by atoms with van der Waals surface area (Å²) in [6.45, 7) is 4.37. The van der Waals surface area contributed by atoms with Crippen molar-refractivity contribution < 1.29 is 9.53 Å². The van der Waals surface area contributed by atoms with Gasteiger partial charge in [0.05, 0.1) is 17.6 Å². The fourth-order valence-electron chi connectivity index (χ4n) is 3.91. The molecule has 1 aliphatic carbocycles. The molecule has 2 heterocycles. The molecule has 142 valence electrons. The van der Waals surface area contributed by atoms with E-state index in [2.05, 4.69) is 0 Å². The molecule has 0 bridgehead atoms. The lowest BCUT2D eigenvalue weighted by atomic mass is 9.95. The minimum Gasteiger partial charge on any atom is -0.462 e. The van der Waals surface area contributed by atoms with Crippen molar-refractivity contribution in [3.05, 3.63) is 29.8 Å². The maximum atomic E-state index is 12.8. The molecule has 2 aromatic heterocycles. The molecule has 1 aromatic carbocycles. The van der Waals surface area contributed by atoms with Crippen LogP contribution in [0.2, 0.25) is 0 Å². The average molecular weight is 366 g/mol. The number of nitrogens with two attached hydrogens (primary N) is 1. The van der Waals surface area contributed by atoms with Gasteiger partial charge in [0, 0.05) is 6.04 Å². The topological polar surface area (TPSA) is 83.0 Å². The largest absolute Gasteiger partial charge is 0.462 e. The predicted octanol–water partition coefficient (Wildman–Crippen LogP) is 4.48. The van der Waals surface area contributed by atoms with E-state index in [0.717, 1.165) is 36.7 Å². The molecule has 0 unspecified atom stereocenters. The summed E-state index contributed by atoms with van der Waals surface area (Å²) in [5.74, 6) is 0.278. The number of nitrogen functional groups attached to an aromatic ring is 1. The molecule has 2 N–H and O–H groups in total. The summed E-state index contributed by atoms with van der Waals surface area (Å²) in [5.41, 5.74) is 9.65. The van der Waals surface area contributed by atoms with Gasteiger partial charge in [-0.25, -0.2) is 14.8 Å². The van der Waals surface area contributed by atoms with Crippen molar-refractivity contribution in [3.63, 3.8) is 0 Å². The third kappa shape index (κ3) is 3.24. The average Bonchev–Trinajstić information content (AvgIpc) is 2.95. The van der Waals surface area contributed by atoms with Gasteiger partial charge < -0.3 is 15.0 Å². The standard InChI is InChI=1S/C21H26N4O2/c1-13(2)12-27-21(26)17-18-20(24-16-11-7-6-10-15(16)23-18)25(19(17)22)14-8-4-3-5-9-14/h6-7,10-11,13-14H,3-5,8-9,12,22H2,1-2H3. The van der Waals surface area contributed by atoms with E-state index >= 15 is 0 Å². The number of fused-ring (bicyclic) bond motifs is 2. The molecule has 3 aromatic rings. The van der Waals surface area contributed by atoms with Crippen LogP contribution < -0.4 is 5.73 Å². The number of nitrogens with zero attached hydrogens (tertiary/aromatic N) is 3. The highest BCUT2D eigenvalue weighted by Gasteiger charge is 2.29. The Labute approximate surface area is 158 Å². The van der Waals surface area contributed by atoms with Crippen LogP contribution in [0.5, 0.6) is 0 Å². The second-order valence-corrected chi connectivity index (χ2v) is 7.80. The van der Waals surface area contributed by atoms with Gasteiger partial charge in [0.1, 0.15) is 16.9 Å². The van der Waals surface area contributed by atoms with E-state index in [9.17, 15) is 4.79 Å². The molecule has 0 saturated heterocycles. The highest BCUT2D eigenvalue weighted by Crippen LogP contribution is 2.37. The fraction of sp³-hybridized carbons (Fsp3) is 0.476. The summed E-state index contributed by atoms with van der Waals surface area (Å²) in [6.07, 6.45) is 5.66. The maximum absolute atomic E-state index is 12.8. The zero-order chi connectivity index (χ0) is 19.0. The Morgan fingerprint density at radius 2 is 1.85 bits per heavy atom. The van der Waals surface area contributed by atoms with Gasteiger partial charge in [0.25, 0.3) is 0 Å². The SMILES string of the molecule is CC(C)COC(=O)c1c(N)n(C2CCCCC2)c2nc3ccccc3nc12. The first-order valence-corrected chi connectivity index (χ1v) is 9.79. The highest BCUT2D eigenvalue weighted by molar-refractivity contribution is 6.08. The number of carbonyl (C=O) groups is 1. The molecular formula is C21H26N4O2. The Kier molecular flexibility index (Phi) is 4.72. The number of para-hydroxylation sites is 2. The van der Waals surface area contributed by atoms with Crippen molar-refractivity contribution in [1.82, 2.24) is 14.5 Å². The van der Waals surface area contributed by atoms with E-state index < -0.39 is 5.97 Å². The third-order valence-corrected chi connectivity index (χ3v) is 5.22. The van der Waals surface area contributed by atoms with E-state index in [1.165, 1.54) is 6.42 Å². The molecule has 27 heavy (non-hydrogen) atoms. The Morgan fingerprint density at radius 1 is 1.19 bits per heavy atom. The number of hydrogen-bond donors (Lipinski definition) is 1. The van der Waals surface area contributed by atoms with Crippen LogP contribution in [0.15, 0.2) is 24.3 Å². The van der Waals surface area contributed by atoms with E-state index in [-0.39, 0.29) is 12.0 Å². The summed E-state index contributed by atoms with van der Waals surface area (Å²) in [4.78, 5) is 22.4. The zero-order valence-electron chi connectivity index (χ0n) is 15.9. The van der Waals surface area contributed by atoms with Crippen LogP contribution in [-0.2, 0) is 4.74 Å². The number of aromatic nitrogens is 3. The van der Waals surface area contributed by atoms with Gasteiger partial charge in [-0.1, -0.05) is 45.2 Å². The molecule has 0 atom stereocenters. The van der Waals surface area contributed by atoms with Crippen LogP contribution in [0.25, 0.3) is 22.2 Å². The van der Waals surface area contributed by atoms with Gasteiger partial charge in [-0.3, -0.25) is 0 Å². The van der Waals surface area contributed by atoms with E-state index in [1.54, 1.807) is 0 Å². The summed E-state index contributed by atoms with van der Waals surface area (Å²) >= 11 is 0. The van der Waals surface area contributed by atoms with Crippen LogP contribution in [0.4, 0.5) is 5.82 Å². The first-order valence-electron chi connectivity index (χ1n) is 9.79. The van der Waals surface area contributed by atoms with Crippen molar-refractivity contribution in [3.8, 4) is 0 Å². The number of hydrogen-bond acceptors (Lipinski definition) is 5. The molecular weight excluding hydrogens is 340 g/mol. The number of rotatable bonds is 4. The van der Waals surface area contributed by atoms with Gasteiger partial charge in [-0.2, -0.15) is 0 Å². The minimum atomic E-state index is -0.412. The third-order valence-electron chi connectivity index (χ3n) is 5.22. The lowest BCUT2D eigenvalue weighted by Crippen LogP contribution is -2.17. The number of ether oxygens (including phenoxy) is 1. The quantitative estimate of drug-likeness (QED) is 0.688. The summed E-state index contributed by atoms with van der Waals surface area (Å²) < 4.78 is 7.52. The van der Waals surface area contributed by atoms with Gasteiger partial charge in [-0.05, 0) is 30.9 Å². The van der Waals surface area contributed by atoms with Crippen molar-refractivity contribution in [2.75, 3.05) is 12.3 Å². The minimum absolute atomic E-state index is 0.253. The lowest BCUT2D eigenvalue weighted by Gasteiger charge is -2.25. The monoisotopic (exact) mass is 366 g/mol. The molecule has 0 aliphatic heterocycles. The molecule has 6 nitrogen and oxygen atoms in total. The van der Waals surface area contributed by atoms with Gasteiger partial charge in [-0.15, -0.1) is 0 Å². The predicted molar refractivity (Wildman–Crippen MR) is 107 cm³/mol. The maximum Gasteiger partial charge on any atom is 0.344 e. The molecule has 4 rings (SSSR count). The van der Waals surface area contributed by atoms with Crippen molar-refractivity contribution in [2.24, 2.45) is 5.92 Å². The van der Waals surface area contributed by atoms with Crippen LogP contribution in [0.1, 0.15) is 62.4 Å². The van der Waals surface area contributed by atoms with Gasteiger partial charge in [0.2, 0.25) is 0 Å². The summed E-state index contributed by atoms with van der Waals surface area (Å²) in [6, 6.07) is 7.95. The Hall–Kier alpha value is -2.63. The zero-order valence-corrected chi connectivity index (χ0v) is 15.9. The summed E-state index contributed by atoms with van der Waals surface area (Å²) in [7, 11) is 0. The van der Waals surface area contributed by atoms with E-state index in [1.807, 2.05) is 42.7 Å². The van der Waals surface area contributed by atoms with Crippen molar-refractivity contribution in [2.45, 2.75) is 52.0 Å². The normalized spacial score (nSPS) is 15.7. The van der Waals surface area contributed by atoms with Crippen LogP contribution in [-0.4, -0.2) is 27.1 Å². The second kappa shape index (κ2) is 7.18. The number of benzene rings is 1. The molecule has 0 amide bonds. The molecule has 6 heteroatoms. The number of esters is 1. The summed E-state index contributed by atoms with van der Waals surface area (Å²) in [5, 5.41) is 0. The Balaban J connectivity index is 1.91. The first-order chi connectivity index (χ1) is 13.1. The fourth-order valence-corrected chi connectivity index (χ4v) is 3.91. The van der Waals surface area contributed by atoms with E-state index in [0.29, 0.717) is 29.2 Å². The lowest BCUT2D eigenvalue weighted by molar-refractivity contribution is 0.0462. The smallest absolute Gasteiger partial charge is 0.344 e. The Morgan fingerprint density at radius 3 is 2.52 bits per heavy atom. The first kappa shape index (κ1) is 17.8. The second-order valence-electron chi connectivity index (χ2n) is 7.80. The van der Waals surface area contributed by atoms with Crippen LogP contribution in [0.3, 0.4) is 0 Å². The number of carbonyl (C=O) groups excluding carboxylic acids is 1. The molecule has 0 radical (unpaired) electrons. The van der Waals surface area contributed by atoms with E-state index in [4.69, 9.17) is 20.4 Å². The van der Waals surface area contributed by atoms with Gasteiger partial charge in [0.15, 0.2) is 5.65 Å². The highest BCUT2D eigenvalue weighted by atomic mass is 16.5. The van der Waals surface area contributed by atoms with Crippen molar-refractivity contribution >= 4 is 34.0 Å². The van der Waals surface area contributed by atoms with Crippen LogP contribution >= 0.6 is 0 Å². The number of anilines is 1. The van der Waals surface area contributed by atoms with Crippen molar-refractivity contribution in [1.29, 1.82) is 0 Å². The van der Waals surface area contributed by atoms with Gasteiger partial charge >= 0.3 is 5.97 Å². The molecule has 1 aliphatic rings. The molecule has 0 spiro atoms. The Bertz CT molecular complexity index is 987.